The normalized spacial score (nSPS) is 19.2. The van der Waals surface area contributed by atoms with E-state index in [1.54, 1.807) is 13.8 Å². The fourth-order valence-corrected chi connectivity index (χ4v) is 4.41. The van der Waals surface area contributed by atoms with Crippen molar-refractivity contribution in [3.8, 4) is 0 Å². The topological polar surface area (TPSA) is 113 Å². The highest BCUT2D eigenvalue weighted by Gasteiger charge is 2.42. The van der Waals surface area contributed by atoms with Crippen LogP contribution in [0.25, 0.3) is 0 Å². The van der Waals surface area contributed by atoms with Crippen LogP contribution in [0.4, 0.5) is 4.79 Å². The van der Waals surface area contributed by atoms with E-state index in [1.807, 2.05) is 60.7 Å². The monoisotopic (exact) mass is 523 g/mol. The Bertz CT molecular complexity index is 1070. The molecule has 6 atom stereocenters. The largest absolute Gasteiger partial charge is 0.446 e. The number of carbonyl (C=O) groups is 3. The van der Waals surface area contributed by atoms with Crippen LogP contribution in [0.1, 0.15) is 50.3 Å². The third-order valence-corrected chi connectivity index (χ3v) is 7.06. The Morgan fingerprint density at radius 2 is 1.68 bits per heavy atom. The summed E-state index contributed by atoms with van der Waals surface area (Å²) in [6.45, 7) is 7.09. The number of benzene rings is 2. The minimum Gasteiger partial charge on any atom is -0.446 e. The number of ether oxygens (including phenoxy) is 2. The van der Waals surface area contributed by atoms with E-state index in [4.69, 9.17) is 9.47 Å². The maximum atomic E-state index is 13.3. The lowest BCUT2D eigenvalue weighted by atomic mass is 9.92. The van der Waals surface area contributed by atoms with Crippen LogP contribution in [0.15, 0.2) is 73.3 Å². The number of aliphatic hydroxyl groups excluding tert-OH is 2. The van der Waals surface area contributed by atoms with Crippen molar-refractivity contribution < 1.29 is 34.1 Å². The van der Waals surface area contributed by atoms with Crippen LogP contribution in [-0.2, 0) is 25.7 Å². The smallest absolute Gasteiger partial charge is 0.417 e. The molecule has 0 radical (unpaired) electrons. The Kier molecular flexibility index (Phi) is 10.8. The first-order valence-electron chi connectivity index (χ1n) is 12.9. The number of aliphatic hydroxyl groups is 2. The first kappa shape index (κ1) is 29.2. The SMILES string of the molecule is C=C[C@H](O)[C@@H](C)C(=O)C[C@H](CC[C@@H](O)[C@H](C)C(=O)N1C(=O)OC[C@@H]1c1ccccc1)OCc1ccccc1. The molecule has 2 aromatic rings. The fraction of sp³-hybridized carbons (Fsp3) is 0.433. The number of cyclic esters (lactones) is 1. The van der Waals surface area contributed by atoms with Gasteiger partial charge in [0.05, 0.1) is 30.8 Å². The number of hydrogen-bond acceptors (Lipinski definition) is 7. The molecule has 38 heavy (non-hydrogen) atoms. The zero-order valence-corrected chi connectivity index (χ0v) is 21.9. The summed E-state index contributed by atoms with van der Waals surface area (Å²) in [6.07, 6.45) is -1.44. The predicted octanol–water partition coefficient (Wildman–Crippen LogP) is 4.21. The molecule has 0 bridgehead atoms. The molecule has 1 aliphatic heterocycles. The number of amides is 2. The molecule has 3 rings (SSSR count). The summed E-state index contributed by atoms with van der Waals surface area (Å²) in [4.78, 5) is 39.5. The van der Waals surface area contributed by atoms with E-state index in [9.17, 15) is 24.6 Å². The van der Waals surface area contributed by atoms with Crippen molar-refractivity contribution in [3.63, 3.8) is 0 Å². The minimum atomic E-state index is -1.07. The summed E-state index contributed by atoms with van der Waals surface area (Å²) >= 11 is 0. The van der Waals surface area contributed by atoms with Crippen LogP contribution < -0.4 is 0 Å². The summed E-state index contributed by atoms with van der Waals surface area (Å²) < 4.78 is 11.2. The van der Waals surface area contributed by atoms with Gasteiger partial charge in [-0.1, -0.05) is 80.6 Å². The number of imide groups is 1. The van der Waals surface area contributed by atoms with Gasteiger partial charge in [-0.25, -0.2) is 9.69 Å². The molecule has 204 valence electrons. The average molecular weight is 524 g/mol. The van der Waals surface area contributed by atoms with E-state index < -0.39 is 48.2 Å². The lowest BCUT2D eigenvalue weighted by Gasteiger charge is -2.27. The van der Waals surface area contributed by atoms with Gasteiger partial charge in [-0.05, 0) is 24.0 Å². The Hall–Kier alpha value is -3.33. The molecular formula is C30H37NO7. The molecule has 0 aliphatic carbocycles. The third kappa shape index (κ3) is 7.60. The second-order valence-electron chi connectivity index (χ2n) is 9.75. The molecule has 0 saturated carbocycles. The van der Waals surface area contributed by atoms with Gasteiger partial charge < -0.3 is 19.7 Å². The van der Waals surface area contributed by atoms with Gasteiger partial charge in [0.25, 0.3) is 0 Å². The van der Waals surface area contributed by atoms with Gasteiger partial charge in [0.1, 0.15) is 18.4 Å². The Morgan fingerprint density at radius 3 is 2.32 bits per heavy atom. The summed E-state index contributed by atoms with van der Waals surface area (Å²) in [5.74, 6) is -2.22. The maximum absolute atomic E-state index is 13.3. The molecule has 1 heterocycles. The molecule has 1 aliphatic rings. The highest BCUT2D eigenvalue weighted by Crippen LogP contribution is 2.30. The van der Waals surface area contributed by atoms with Crippen LogP contribution in [0.3, 0.4) is 0 Å². The maximum Gasteiger partial charge on any atom is 0.417 e. The van der Waals surface area contributed by atoms with E-state index in [0.29, 0.717) is 6.42 Å². The number of Topliss-reactive ketones (excluding diaryl/α,β-unsaturated/α-hetero) is 1. The standard InChI is InChI=1S/C30H37NO7/c1-4-26(32)20(2)28(34)17-24(37-18-22-11-7-5-8-12-22)15-16-27(33)21(3)29(35)31-25(19-38-30(31)36)23-13-9-6-10-14-23/h4-14,20-21,24-27,32-33H,1,15-19H2,2-3H3/t20-,21+,24+,25-,26+,27-/m1/s1. The molecule has 0 spiro atoms. The van der Waals surface area contributed by atoms with Crippen molar-refractivity contribution in [2.24, 2.45) is 11.8 Å². The highest BCUT2D eigenvalue weighted by atomic mass is 16.6. The van der Waals surface area contributed by atoms with Gasteiger partial charge >= 0.3 is 6.09 Å². The molecule has 1 saturated heterocycles. The number of hydrogen-bond donors (Lipinski definition) is 2. The van der Waals surface area contributed by atoms with Gasteiger partial charge in [-0.3, -0.25) is 9.59 Å². The van der Waals surface area contributed by atoms with Crippen molar-refractivity contribution in [2.45, 2.75) is 64.1 Å². The molecule has 0 aromatic heterocycles. The van der Waals surface area contributed by atoms with Crippen molar-refractivity contribution >= 4 is 17.8 Å². The first-order valence-corrected chi connectivity index (χ1v) is 12.9. The average Bonchev–Trinajstić information content (AvgIpc) is 3.34. The molecule has 2 aromatic carbocycles. The van der Waals surface area contributed by atoms with Crippen LogP contribution >= 0.6 is 0 Å². The molecule has 2 N–H and O–H groups in total. The molecule has 1 fully saturated rings. The fourth-order valence-electron chi connectivity index (χ4n) is 4.41. The van der Waals surface area contributed by atoms with Crippen molar-refractivity contribution in [2.75, 3.05) is 6.61 Å². The number of nitrogens with zero attached hydrogens (tertiary/aromatic N) is 1. The quantitative estimate of drug-likeness (QED) is 0.357. The van der Waals surface area contributed by atoms with E-state index >= 15 is 0 Å². The number of rotatable bonds is 14. The Balaban J connectivity index is 1.64. The zero-order valence-electron chi connectivity index (χ0n) is 21.9. The number of carbonyl (C=O) groups excluding carboxylic acids is 3. The van der Waals surface area contributed by atoms with Gasteiger partial charge in [0.2, 0.25) is 5.91 Å². The highest BCUT2D eigenvalue weighted by molar-refractivity contribution is 5.95. The first-order chi connectivity index (χ1) is 18.2. The van der Waals surface area contributed by atoms with Crippen LogP contribution in [0, 0.1) is 11.8 Å². The van der Waals surface area contributed by atoms with E-state index in [0.717, 1.165) is 16.0 Å². The van der Waals surface area contributed by atoms with Gasteiger partial charge in [-0.2, -0.15) is 0 Å². The molecular weight excluding hydrogens is 486 g/mol. The zero-order chi connectivity index (χ0) is 27.7. The third-order valence-electron chi connectivity index (χ3n) is 7.06. The van der Waals surface area contributed by atoms with Gasteiger partial charge in [-0.15, -0.1) is 6.58 Å². The number of ketones is 1. The molecule has 0 unspecified atom stereocenters. The molecule has 8 nitrogen and oxygen atoms in total. The summed E-state index contributed by atoms with van der Waals surface area (Å²) in [5, 5.41) is 20.9. The summed E-state index contributed by atoms with van der Waals surface area (Å²) in [7, 11) is 0. The van der Waals surface area contributed by atoms with Crippen LogP contribution in [0.2, 0.25) is 0 Å². The van der Waals surface area contributed by atoms with Crippen LogP contribution in [0.5, 0.6) is 0 Å². The van der Waals surface area contributed by atoms with Gasteiger partial charge in [0, 0.05) is 12.3 Å². The predicted molar refractivity (Wildman–Crippen MR) is 142 cm³/mol. The van der Waals surface area contributed by atoms with Crippen molar-refractivity contribution in [3.05, 3.63) is 84.4 Å². The summed E-state index contributed by atoms with van der Waals surface area (Å²) in [5.41, 5.74) is 1.71. The van der Waals surface area contributed by atoms with Crippen molar-refractivity contribution in [1.29, 1.82) is 0 Å². The van der Waals surface area contributed by atoms with E-state index in [2.05, 4.69) is 6.58 Å². The second kappa shape index (κ2) is 14.0. The summed E-state index contributed by atoms with van der Waals surface area (Å²) in [6, 6.07) is 18.1. The lowest BCUT2D eigenvalue weighted by molar-refractivity contribution is -0.137. The van der Waals surface area contributed by atoms with Gasteiger partial charge in [0.15, 0.2) is 0 Å². The Labute approximate surface area is 223 Å². The Morgan fingerprint density at radius 1 is 1.05 bits per heavy atom. The second-order valence-corrected chi connectivity index (χ2v) is 9.75. The van der Waals surface area contributed by atoms with Crippen LogP contribution in [-0.4, -0.2) is 57.8 Å². The molecule has 2 amide bonds. The minimum absolute atomic E-state index is 0.0441. The molecule has 8 heteroatoms. The van der Waals surface area contributed by atoms with E-state index in [-0.39, 0.29) is 31.8 Å². The lowest BCUT2D eigenvalue weighted by Crippen LogP contribution is -2.42. The van der Waals surface area contributed by atoms with E-state index in [1.165, 1.54) is 6.08 Å². The van der Waals surface area contributed by atoms with Crippen molar-refractivity contribution in [1.82, 2.24) is 4.90 Å².